The number of carboxylic acids is 1. The number of fused-ring (bicyclic) bond motifs is 1. The van der Waals surface area contributed by atoms with Crippen LogP contribution in [0.15, 0.2) is 46.5 Å². The third kappa shape index (κ3) is 4.50. The highest BCUT2D eigenvalue weighted by molar-refractivity contribution is 8.04. The molecule has 0 bridgehead atoms. The molecule has 3 rings (SSSR count). The number of nitriles is 1. The number of nitrogens with zero attached hydrogens (tertiary/aromatic N) is 3. The topological polar surface area (TPSA) is 115 Å². The van der Waals surface area contributed by atoms with Crippen molar-refractivity contribution in [1.82, 2.24) is 15.2 Å². The first kappa shape index (κ1) is 19.5. The Labute approximate surface area is 166 Å². The minimum absolute atomic E-state index is 0.0554. The lowest BCUT2D eigenvalue weighted by Gasteiger charge is -2.12. The van der Waals surface area contributed by atoms with Crippen molar-refractivity contribution in [3.05, 3.63) is 52.7 Å². The molecule has 3 aromatic rings. The fourth-order valence-electron chi connectivity index (χ4n) is 2.69. The van der Waals surface area contributed by atoms with Crippen LogP contribution in [0.4, 0.5) is 0 Å². The third-order valence-electron chi connectivity index (χ3n) is 3.90. The van der Waals surface area contributed by atoms with Crippen molar-refractivity contribution in [1.29, 1.82) is 5.26 Å². The number of H-pyrrole nitrogens is 1. The number of benzene rings is 2. The normalized spacial score (nSPS) is 11.4. The van der Waals surface area contributed by atoms with Gasteiger partial charge in [-0.2, -0.15) is 5.26 Å². The Morgan fingerprint density at radius 2 is 2.18 bits per heavy atom. The van der Waals surface area contributed by atoms with Gasteiger partial charge in [0.15, 0.2) is 6.61 Å². The van der Waals surface area contributed by atoms with Gasteiger partial charge in [-0.1, -0.05) is 37.3 Å². The van der Waals surface area contributed by atoms with E-state index in [2.05, 4.69) is 15.2 Å². The monoisotopic (exact) mass is 393 g/mol. The molecule has 2 aromatic carbocycles. The maximum absolute atomic E-state index is 11.7. The molecular formula is C20H17N4O3S-. The molecule has 0 amide bonds. The van der Waals surface area contributed by atoms with Crippen LogP contribution >= 0.6 is 11.8 Å². The Morgan fingerprint density at radius 1 is 1.36 bits per heavy atom. The van der Waals surface area contributed by atoms with Gasteiger partial charge in [-0.05, 0) is 41.1 Å². The number of aromatic nitrogens is 3. The summed E-state index contributed by atoms with van der Waals surface area (Å²) in [6.07, 6.45) is 3.11. The number of aryl methyl sites for hydroxylation is 1. The predicted molar refractivity (Wildman–Crippen MR) is 104 cm³/mol. The average Bonchev–Trinajstić information content (AvgIpc) is 3.14. The Kier molecular flexibility index (Phi) is 6.29. The van der Waals surface area contributed by atoms with Gasteiger partial charge in [0, 0.05) is 16.9 Å². The van der Waals surface area contributed by atoms with Crippen LogP contribution in [-0.2, 0) is 11.2 Å². The van der Waals surface area contributed by atoms with E-state index in [1.807, 2.05) is 43.3 Å². The van der Waals surface area contributed by atoms with E-state index >= 15 is 0 Å². The summed E-state index contributed by atoms with van der Waals surface area (Å²) in [7, 11) is 0. The molecule has 1 heterocycles. The lowest BCUT2D eigenvalue weighted by atomic mass is 10.0. The number of hydrogen-bond donors (Lipinski definition) is 1. The van der Waals surface area contributed by atoms with Crippen LogP contribution in [0.2, 0.25) is 0 Å². The molecular weight excluding hydrogens is 376 g/mol. The summed E-state index contributed by atoms with van der Waals surface area (Å²) in [4.78, 5) is 16.0. The zero-order valence-corrected chi connectivity index (χ0v) is 16.0. The van der Waals surface area contributed by atoms with Gasteiger partial charge in [-0.25, -0.2) is 4.98 Å². The zero-order valence-electron chi connectivity index (χ0n) is 15.1. The standard InChI is InChI=1S/C20H18N4O3S/c1-2-5-18-22-20(24-23-18)28-17(19(25)26)12-15-14-7-4-3-6-13(14)8-9-16(15)27-11-10-21/h3-4,6-9,12H,2,5,11H2,1H3,(H,25,26)(H,22,23,24)/p-1/b17-12-. The minimum atomic E-state index is -1.34. The van der Waals surface area contributed by atoms with Crippen molar-refractivity contribution < 1.29 is 14.6 Å². The van der Waals surface area contributed by atoms with E-state index in [0.717, 1.165) is 35.4 Å². The molecule has 1 aromatic heterocycles. The number of carbonyl (C=O) groups excluding carboxylic acids is 1. The molecule has 0 saturated heterocycles. The number of aromatic amines is 1. The summed E-state index contributed by atoms with van der Waals surface area (Å²) >= 11 is 0.904. The van der Waals surface area contributed by atoms with Crippen LogP contribution in [0.25, 0.3) is 16.8 Å². The van der Waals surface area contributed by atoms with Gasteiger partial charge in [0.1, 0.15) is 17.6 Å². The van der Waals surface area contributed by atoms with Crippen molar-refractivity contribution in [3.8, 4) is 11.8 Å². The fraction of sp³-hybridized carbons (Fsp3) is 0.200. The number of aliphatic carboxylic acids is 1. The van der Waals surface area contributed by atoms with Crippen molar-refractivity contribution in [3.63, 3.8) is 0 Å². The summed E-state index contributed by atoms with van der Waals surface area (Å²) < 4.78 is 5.50. The lowest BCUT2D eigenvalue weighted by Crippen LogP contribution is -2.23. The van der Waals surface area contributed by atoms with Gasteiger partial charge in [0.2, 0.25) is 5.16 Å². The van der Waals surface area contributed by atoms with E-state index in [0.29, 0.717) is 22.3 Å². The maximum atomic E-state index is 11.7. The molecule has 0 radical (unpaired) electrons. The molecule has 0 aliphatic rings. The first-order valence-corrected chi connectivity index (χ1v) is 9.47. The quantitative estimate of drug-likeness (QED) is 0.462. The highest BCUT2D eigenvalue weighted by Crippen LogP contribution is 2.33. The highest BCUT2D eigenvalue weighted by Gasteiger charge is 2.12. The number of nitrogens with one attached hydrogen (secondary N) is 1. The van der Waals surface area contributed by atoms with Crippen LogP contribution in [-0.4, -0.2) is 27.8 Å². The van der Waals surface area contributed by atoms with Crippen molar-refractivity contribution in [2.45, 2.75) is 24.9 Å². The van der Waals surface area contributed by atoms with Gasteiger partial charge in [0.05, 0.1) is 5.97 Å². The third-order valence-corrected chi connectivity index (χ3v) is 4.77. The lowest BCUT2D eigenvalue weighted by molar-refractivity contribution is -0.297. The molecule has 0 saturated carbocycles. The molecule has 0 spiro atoms. The SMILES string of the molecule is CCCc1nc(S/C(=C\c2c(OCC#N)ccc3ccccc23)C(=O)[O-])n[nH]1. The summed E-state index contributed by atoms with van der Waals surface area (Å²) in [5.74, 6) is -0.224. The number of hydrogen-bond acceptors (Lipinski definition) is 7. The number of thioether (sulfide) groups is 1. The Hall–Kier alpha value is -3.31. The first-order valence-electron chi connectivity index (χ1n) is 8.66. The van der Waals surface area contributed by atoms with E-state index < -0.39 is 5.97 Å². The van der Waals surface area contributed by atoms with Gasteiger partial charge in [-0.15, -0.1) is 5.10 Å². The van der Waals surface area contributed by atoms with E-state index in [-0.39, 0.29) is 11.5 Å². The summed E-state index contributed by atoms with van der Waals surface area (Å²) in [6, 6.07) is 13.0. The van der Waals surface area contributed by atoms with Crippen molar-refractivity contribution in [2.75, 3.05) is 6.61 Å². The molecule has 0 aliphatic carbocycles. The molecule has 28 heavy (non-hydrogen) atoms. The van der Waals surface area contributed by atoms with Crippen molar-refractivity contribution in [2.24, 2.45) is 0 Å². The van der Waals surface area contributed by atoms with Gasteiger partial charge in [-0.3, -0.25) is 5.10 Å². The van der Waals surface area contributed by atoms with E-state index in [4.69, 9.17) is 10.00 Å². The van der Waals surface area contributed by atoms with Crippen LogP contribution < -0.4 is 9.84 Å². The summed E-state index contributed by atoms with van der Waals surface area (Å²) in [6.45, 7) is 1.87. The van der Waals surface area contributed by atoms with Crippen LogP contribution in [0.1, 0.15) is 24.7 Å². The van der Waals surface area contributed by atoms with Gasteiger partial charge >= 0.3 is 0 Å². The number of ether oxygens (including phenoxy) is 1. The Balaban J connectivity index is 2.04. The maximum Gasteiger partial charge on any atom is 0.213 e. The second-order valence-corrected chi connectivity index (χ2v) is 6.87. The largest absolute Gasteiger partial charge is 0.544 e. The minimum Gasteiger partial charge on any atom is -0.544 e. The molecule has 1 N–H and O–H groups in total. The van der Waals surface area contributed by atoms with E-state index in [9.17, 15) is 9.90 Å². The number of carboxylic acid groups (broad SMARTS) is 1. The smallest absolute Gasteiger partial charge is 0.213 e. The van der Waals surface area contributed by atoms with Gasteiger partial charge < -0.3 is 14.6 Å². The van der Waals surface area contributed by atoms with Crippen LogP contribution in [0, 0.1) is 11.3 Å². The van der Waals surface area contributed by atoms with Crippen LogP contribution in [0.3, 0.4) is 0 Å². The summed E-state index contributed by atoms with van der Waals surface area (Å²) in [5.41, 5.74) is 0.560. The average molecular weight is 393 g/mol. The Bertz CT molecular complexity index is 1070. The number of carbonyl (C=O) groups is 1. The van der Waals surface area contributed by atoms with Crippen molar-refractivity contribution >= 4 is 34.6 Å². The van der Waals surface area contributed by atoms with Gasteiger partial charge in [0.25, 0.3) is 0 Å². The second-order valence-electron chi connectivity index (χ2n) is 5.86. The predicted octanol–water partition coefficient (Wildman–Crippen LogP) is 2.70. The zero-order chi connectivity index (χ0) is 19.9. The first-order chi connectivity index (χ1) is 13.6. The van der Waals surface area contributed by atoms with E-state index in [1.54, 1.807) is 6.07 Å². The molecule has 0 unspecified atom stereocenters. The number of rotatable bonds is 8. The van der Waals surface area contributed by atoms with E-state index in [1.165, 1.54) is 6.08 Å². The molecule has 8 heteroatoms. The molecule has 0 aliphatic heterocycles. The second kappa shape index (κ2) is 9.06. The molecule has 7 nitrogen and oxygen atoms in total. The molecule has 0 fully saturated rings. The molecule has 0 atom stereocenters. The molecule has 142 valence electrons. The van der Waals surface area contributed by atoms with Crippen LogP contribution in [0.5, 0.6) is 5.75 Å². The Morgan fingerprint density at radius 3 is 2.93 bits per heavy atom. The highest BCUT2D eigenvalue weighted by atomic mass is 32.2. The summed E-state index contributed by atoms with van der Waals surface area (Å²) in [5, 5.41) is 29.5. The fourth-order valence-corrected chi connectivity index (χ4v) is 3.40.